The van der Waals surface area contributed by atoms with E-state index in [1.165, 1.54) is 0 Å². The fourth-order valence-electron chi connectivity index (χ4n) is 1.52. The van der Waals surface area contributed by atoms with Gasteiger partial charge in [0.2, 0.25) is 5.88 Å². The van der Waals surface area contributed by atoms with Gasteiger partial charge in [0.25, 0.3) is 0 Å². The lowest BCUT2D eigenvalue weighted by Crippen LogP contribution is -2.05. The summed E-state index contributed by atoms with van der Waals surface area (Å²) >= 11 is 12.0. The van der Waals surface area contributed by atoms with Gasteiger partial charge in [-0.15, -0.1) is 0 Å². The van der Waals surface area contributed by atoms with Crippen molar-refractivity contribution in [1.82, 2.24) is 4.98 Å². The van der Waals surface area contributed by atoms with E-state index in [4.69, 9.17) is 33.7 Å². The van der Waals surface area contributed by atoms with Crippen LogP contribution in [-0.2, 0) is 6.42 Å². The normalized spacial score (nSPS) is 10.3. The van der Waals surface area contributed by atoms with Crippen LogP contribution >= 0.6 is 23.2 Å². The summed E-state index contributed by atoms with van der Waals surface area (Å²) < 4.78 is 5.50. The molecule has 1 aromatic heterocycles. The lowest BCUT2D eigenvalue weighted by atomic mass is 10.2. The van der Waals surface area contributed by atoms with Gasteiger partial charge in [-0.05, 0) is 23.8 Å². The summed E-state index contributed by atoms with van der Waals surface area (Å²) in [7, 11) is 0. The standard InChI is InChI=1S/C13H12Cl2N2O/c14-10-4-1-3-9(12(10)15)6-8-18-13-11(16)5-2-7-17-13/h1-5,7H,6,8,16H2. The zero-order chi connectivity index (χ0) is 13.0. The molecule has 94 valence electrons. The molecule has 0 aliphatic carbocycles. The Morgan fingerprint density at radius 1 is 1.17 bits per heavy atom. The maximum Gasteiger partial charge on any atom is 0.237 e. The number of halogens is 2. The van der Waals surface area contributed by atoms with Gasteiger partial charge in [-0.3, -0.25) is 0 Å². The van der Waals surface area contributed by atoms with E-state index in [-0.39, 0.29) is 0 Å². The number of pyridine rings is 1. The summed E-state index contributed by atoms with van der Waals surface area (Å²) in [5.74, 6) is 0.440. The summed E-state index contributed by atoms with van der Waals surface area (Å²) in [6.45, 7) is 0.446. The summed E-state index contributed by atoms with van der Waals surface area (Å²) in [5.41, 5.74) is 7.19. The topological polar surface area (TPSA) is 48.1 Å². The second-order valence-corrected chi connectivity index (χ2v) is 4.49. The third-order valence-corrected chi connectivity index (χ3v) is 3.30. The molecule has 3 nitrogen and oxygen atoms in total. The molecule has 5 heteroatoms. The van der Waals surface area contributed by atoms with Crippen molar-refractivity contribution in [3.8, 4) is 5.88 Å². The molecule has 0 saturated carbocycles. The van der Waals surface area contributed by atoms with Gasteiger partial charge in [0.1, 0.15) is 0 Å². The van der Waals surface area contributed by atoms with Crippen LogP contribution in [0.3, 0.4) is 0 Å². The van der Waals surface area contributed by atoms with Gasteiger partial charge < -0.3 is 10.5 Å². The van der Waals surface area contributed by atoms with Gasteiger partial charge in [0.05, 0.1) is 22.3 Å². The van der Waals surface area contributed by atoms with Crippen LogP contribution in [0.25, 0.3) is 0 Å². The van der Waals surface area contributed by atoms with Gasteiger partial charge in [0.15, 0.2) is 0 Å². The smallest absolute Gasteiger partial charge is 0.237 e. The van der Waals surface area contributed by atoms with E-state index in [1.54, 1.807) is 24.4 Å². The molecule has 0 radical (unpaired) electrons. The maximum atomic E-state index is 6.08. The maximum absolute atomic E-state index is 6.08. The molecule has 1 heterocycles. The second kappa shape index (κ2) is 5.94. The van der Waals surface area contributed by atoms with E-state index in [9.17, 15) is 0 Å². The first-order chi connectivity index (χ1) is 8.68. The molecule has 18 heavy (non-hydrogen) atoms. The number of benzene rings is 1. The van der Waals surface area contributed by atoms with Gasteiger partial charge in [-0.2, -0.15) is 0 Å². The number of hydrogen-bond donors (Lipinski definition) is 1. The van der Waals surface area contributed by atoms with Crippen LogP contribution in [0.1, 0.15) is 5.56 Å². The van der Waals surface area contributed by atoms with Crippen molar-refractivity contribution in [2.75, 3.05) is 12.3 Å². The SMILES string of the molecule is Nc1cccnc1OCCc1cccc(Cl)c1Cl. The van der Waals surface area contributed by atoms with Crippen molar-refractivity contribution in [3.63, 3.8) is 0 Å². The molecule has 1 aromatic carbocycles. The van der Waals surface area contributed by atoms with E-state index in [0.717, 1.165) is 5.56 Å². The van der Waals surface area contributed by atoms with E-state index in [1.807, 2.05) is 12.1 Å². The lowest BCUT2D eigenvalue weighted by Gasteiger charge is -2.08. The third kappa shape index (κ3) is 3.06. The van der Waals surface area contributed by atoms with Gasteiger partial charge in [-0.1, -0.05) is 35.3 Å². The highest BCUT2D eigenvalue weighted by Crippen LogP contribution is 2.26. The van der Waals surface area contributed by atoms with Crippen molar-refractivity contribution < 1.29 is 4.74 Å². The number of nitrogen functional groups attached to an aromatic ring is 1. The van der Waals surface area contributed by atoms with Crippen molar-refractivity contribution in [2.24, 2.45) is 0 Å². The van der Waals surface area contributed by atoms with Crippen molar-refractivity contribution in [2.45, 2.75) is 6.42 Å². The first-order valence-electron chi connectivity index (χ1n) is 5.44. The fourth-order valence-corrected chi connectivity index (χ4v) is 1.94. The number of anilines is 1. The predicted molar refractivity (Wildman–Crippen MR) is 74.3 cm³/mol. The summed E-state index contributed by atoms with van der Waals surface area (Å²) in [6, 6.07) is 9.04. The highest BCUT2D eigenvalue weighted by molar-refractivity contribution is 6.42. The molecule has 2 rings (SSSR count). The van der Waals surface area contributed by atoms with E-state index in [2.05, 4.69) is 4.98 Å². The molecule has 0 aliphatic heterocycles. The predicted octanol–water partition coefficient (Wildman–Crippen LogP) is 3.59. The van der Waals surface area contributed by atoms with Crippen LogP contribution in [-0.4, -0.2) is 11.6 Å². The van der Waals surface area contributed by atoms with Crippen molar-refractivity contribution in [1.29, 1.82) is 0 Å². The number of rotatable bonds is 4. The lowest BCUT2D eigenvalue weighted by molar-refractivity contribution is 0.311. The zero-order valence-electron chi connectivity index (χ0n) is 9.57. The van der Waals surface area contributed by atoms with Crippen LogP contribution in [0.5, 0.6) is 5.88 Å². The van der Waals surface area contributed by atoms with Gasteiger partial charge in [0, 0.05) is 12.6 Å². The number of nitrogens with zero attached hydrogens (tertiary/aromatic N) is 1. The summed E-state index contributed by atoms with van der Waals surface area (Å²) in [6.07, 6.45) is 2.29. The minimum absolute atomic E-state index is 0.440. The van der Waals surface area contributed by atoms with E-state index < -0.39 is 0 Å². The Bertz CT molecular complexity index is 546. The minimum Gasteiger partial charge on any atom is -0.476 e. The average Bonchev–Trinajstić information content (AvgIpc) is 2.37. The van der Waals surface area contributed by atoms with Crippen LogP contribution in [0, 0.1) is 0 Å². The molecular weight excluding hydrogens is 271 g/mol. The quantitative estimate of drug-likeness (QED) is 0.932. The first kappa shape index (κ1) is 13.0. The van der Waals surface area contributed by atoms with Gasteiger partial charge in [-0.25, -0.2) is 4.98 Å². The molecule has 0 bridgehead atoms. The minimum atomic E-state index is 0.440. The molecule has 0 saturated heterocycles. The fraction of sp³-hybridized carbons (Fsp3) is 0.154. The molecule has 0 spiro atoms. The Morgan fingerprint density at radius 3 is 2.78 bits per heavy atom. The van der Waals surface area contributed by atoms with E-state index in [0.29, 0.717) is 34.6 Å². The highest BCUT2D eigenvalue weighted by Gasteiger charge is 2.05. The van der Waals surface area contributed by atoms with Crippen molar-refractivity contribution >= 4 is 28.9 Å². The van der Waals surface area contributed by atoms with Crippen LogP contribution in [0.4, 0.5) is 5.69 Å². The molecule has 2 aromatic rings. The zero-order valence-corrected chi connectivity index (χ0v) is 11.1. The largest absolute Gasteiger partial charge is 0.476 e. The Labute approximate surface area is 115 Å². The van der Waals surface area contributed by atoms with Crippen LogP contribution in [0.15, 0.2) is 36.5 Å². The molecule has 0 amide bonds. The molecule has 0 unspecified atom stereocenters. The summed E-state index contributed by atoms with van der Waals surface area (Å²) in [5, 5.41) is 1.11. The Morgan fingerprint density at radius 2 is 2.00 bits per heavy atom. The third-order valence-electron chi connectivity index (χ3n) is 2.44. The number of ether oxygens (including phenoxy) is 1. The number of aromatic nitrogens is 1. The van der Waals surface area contributed by atoms with Gasteiger partial charge >= 0.3 is 0 Å². The molecule has 2 N–H and O–H groups in total. The highest BCUT2D eigenvalue weighted by atomic mass is 35.5. The second-order valence-electron chi connectivity index (χ2n) is 3.71. The number of hydrogen-bond acceptors (Lipinski definition) is 3. The Kier molecular flexibility index (Phi) is 4.28. The first-order valence-corrected chi connectivity index (χ1v) is 6.20. The monoisotopic (exact) mass is 282 g/mol. The molecule has 0 atom stereocenters. The average molecular weight is 283 g/mol. The molecule has 0 fully saturated rings. The van der Waals surface area contributed by atoms with Crippen LogP contribution in [0.2, 0.25) is 10.0 Å². The van der Waals surface area contributed by atoms with Crippen molar-refractivity contribution in [3.05, 3.63) is 52.1 Å². The number of nitrogens with two attached hydrogens (primary N) is 1. The van der Waals surface area contributed by atoms with Crippen LogP contribution < -0.4 is 10.5 Å². The Hall–Kier alpha value is -1.45. The molecule has 0 aliphatic rings. The Balaban J connectivity index is 1.97. The summed E-state index contributed by atoms with van der Waals surface area (Å²) in [4.78, 5) is 4.04. The molecular formula is C13H12Cl2N2O. The van der Waals surface area contributed by atoms with E-state index >= 15 is 0 Å².